The van der Waals surface area contributed by atoms with E-state index in [9.17, 15) is 24.0 Å². The lowest BCUT2D eigenvalue weighted by Gasteiger charge is -2.09. The number of aromatic nitrogens is 1. The summed E-state index contributed by atoms with van der Waals surface area (Å²) in [6.07, 6.45) is 43.8. The maximum atomic E-state index is 12.4. The monoisotopic (exact) mass is 1750 g/mol. The Kier molecular flexibility index (Phi) is 50.7. The molecule has 0 saturated heterocycles. The molecule has 1 heterocycles. The van der Waals surface area contributed by atoms with E-state index in [0.717, 1.165) is 136 Å². The molecule has 0 aliphatic carbocycles. The fraction of sp³-hybridized carbons (Fsp3) is 0.388. The zero-order valence-electron chi connectivity index (χ0n) is 78.7. The second-order valence-electron chi connectivity index (χ2n) is 33.8. The Morgan fingerprint density at radius 3 is 0.892 bits per heavy atom. The van der Waals surface area contributed by atoms with E-state index >= 15 is 0 Å². The van der Waals surface area contributed by atoms with Gasteiger partial charge in [-0.05, 0) is 234 Å². The first-order chi connectivity index (χ1) is 63.4. The van der Waals surface area contributed by atoms with Crippen LogP contribution in [0.2, 0.25) is 0 Å². The molecule has 5 N–H and O–H groups in total. The van der Waals surface area contributed by atoms with Crippen LogP contribution in [0.4, 0.5) is 0 Å². The highest BCUT2D eigenvalue weighted by Crippen LogP contribution is 2.30. The molecule has 0 fully saturated rings. The van der Waals surface area contributed by atoms with Gasteiger partial charge in [-0.1, -0.05) is 353 Å². The largest absolute Gasteiger partial charge is 0.494 e. The van der Waals surface area contributed by atoms with E-state index in [4.69, 9.17) is 30.1 Å². The Labute approximate surface area is 777 Å². The average Bonchev–Trinajstić information content (AvgIpc) is 0.832. The van der Waals surface area contributed by atoms with Gasteiger partial charge in [0.15, 0.2) is 0 Å². The van der Waals surface area contributed by atoms with Gasteiger partial charge in [-0.2, -0.15) is 5.26 Å². The van der Waals surface area contributed by atoms with Crippen molar-refractivity contribution in [2.75, 3.05) is 26.3 Å². The molecule has 0 aliphatic rings. The number of aromatic carboxylic acids is 3. The number of ether oxygens (including phenoxy) is 2. The number of nitriles is 1. The van der Waals surface area contributed by atoms with Crippen LogP contribution in [-0.4, -0.2) is 76.3 Å². The van der Waals surface area contributed by atoms with Gasteiger partial charge in [-0.3, -0.25) is 14.6 Å². The minimum atomic E-state index is -0.883. The van der Waals surface area contributed by atoms with Crippen molar-refractivity contribution >= 4 is 29.7 Å². The number of nitrogens with zero attached hydrogens (tertiary/aromatic N) is 2. The van der Waals surface area contributed by atoms with E-state index in [1.807, 2.05) is 147 Å². The summed E-state index contributed by atoms with van der Waals surface area (Å²) >= 11 is 0. The summed E-state index contributed by atoms with van der Waals surface area (Å²) in [7, 11) is 0. The fourth-order valence-electron chi connectivity index (χ4n) is 15.3. The number of unbranched alkanes of at least 4 members (excludes halogenated alkanes) is 24. The number of nitrogens with one attached hydrogen (secondary N) is 2. The van der Waals surface area contributed by atoms with Crippen LogP contribution >= 0.6 is 0 Å². The van der Waals surface area contributed by atoms with Gasteiger partial charge in [0, 0.05) is 42.5 Å². The predicted octanol–water partition coefficient (Wildman–Crippen LogP) is 30.3. The summed E-state index contributed by atoms with van der Waals surface area (Å²) in [5.41, 5.74) is 20.0. The van der Waals surface area contributed by atoms with Crippen molar-refractivity contribution in [1.29, 1.82) is 5.26 Å². The normalized spacial score (nSPS) is 10.6. The molecule has 11 aromatic rings. The first kappa shape index (κ1) is 105. The Bertz CT molecular complexity index is 5050. The highest BCUT2D eigenvalue weighted by molar-refractivity contribution is 5.96. The third kappa shape index (κ3) is 40.6. The summed E-state index contributed by atoms with van der Waals surface area (Å²) in [6.45, 7) is 17.4. The average molecular weight is 1750 g/mol. The summed E-state index contributed by atoms with van der Waals surface area (Å²) in [5, 5.41) is 41.4. The lowest BCUT2D eigenvalue weighted by Crippen LogP contribution is -2.25. The molecule has 0 bridgehead atoms. The van der Waals surface area contributed by atoms with Crippen LogP contribution < -0.4 is 20.1 Å². The van der Waals surface area contributed by atoms with Gasteiger partial charge in [-0.15, -0.1) is 0 Å². The SMILES string of the molecule is CCCCCCCCOc1ccc(-c2ccc(C(=O)NCCC#N)cc2)cc1.CCCCCCCCOc1ccc(-c2ccc(C(=O)NCCc3ccccn3)cc2)cc1.CCCCCCCCc1ccc(-c2ccc(C(=O)O)c(C)c2)cc1.CCCCCCCCc1ccc(-c2ccc(C(=O)O)cc2)cc1.CCCCCCCc1ccc(-c2ccc(C(=O)O)c(C)c2)cc1. The van der Waals surface area contributed by atoms with E-state index in [-0.39, 0.29) is 11.8 Å². The Hall–Kier alpha value is -12.2. The number of carboxylic acid groups (broad SMARTS) is 3. The number of hydrogen-bond donors (Lipinski definition) is 5. The predicted molar refractivity (Wildman–Crippen MR) is 537 cm³/mol. The summed E-state index contributed by atoms with van der Waals surface area (Å²) in [6, 6.07) is 83.3. The number of amides is 2. The molecule has 2 amide bonds. The first-order valence-corrected chi connectivity index (χ1v) is 48.2. The Morgan fingerprint density at radius 2 is 0.592 bits per heavy atom. The van der Waals surface area contributed by atoms with Gasteiger partial charge in [0.2, 0.25) is 0 Å². The molecule has 10 aromatic carbocycles. The van der Waals surface area contributed by atoms with Gasteiger partial charge in [0.05, 0.1) is 42.4 Å². The molecule has 11 rings (SSSR count). The standard InChI is InChI=1S/C28H34N2O2.C24H30N2O2.C22H28O2.2C21H26O2/c1-2-3-4-5-6-9-22-32-27-17-15-24(16-18-27)23-11-13-25(14-12-23)28(31)30-21-19-26-10-7-8-20-29-26;1-2-3-4-5-6-7-19-28-23-15-13-21(14-16-23)20-9-11-22(12-10-20)24(27)26-18-8-17-25;1-3-4-5-6-7-8-9-18-10-12-19(13-11-18)20-14-15-21(22(23)24)17(2)16-20;1-3-4-5-6-7-8-17-9-11-18(12-10-17)19-13-14-20(21(22)23)16(2)15-19;1-2-3-4-5-6-7-8-17-9-11-18(12-10-17)19-13-15-20(16-14-19)21(22)23/h7-8,10-18,20H,2-6,9,19,21-22H2,1H3,(H,30,31);9-16H,2-8,18-19H2,1H3,(H,26,27);10-16H,3-9H2,1-2H3,(H,23,24);9-15H,3-8H2,1-2H3,(H,22,23);9-16H,2-8H2,1H3,(H,22,23). The highest BCUT2D eigenvalue weighted by atomic mass is 16.5. The quantitative estimate of drug-likeness (QED) is 0.0225. The van der Waals surface area contributed by atoms with Gasteiger partial charge >= 0.3 is 17.9 Å². The zero-order chi connectivity index (χ0) is 93.0. The van der Waals surface area contributed by atoms with E-state index < -0.39 is 17.9 Å². The molecule has 0 aliphatic heterocycles. The summed E-state index contributed by atoms with van der Waals surface area (Å²) in [4.78, 5) is 61.7. The minimum Gasteiger partial charge on any atom is -0.494 e. The van der Waals surface area contributed by atoms with Crippen LogP contribution in [-0.2, 0) is 25.7 Å². The topological polar surface area (TPSA) is 225 Å². The fourth-order valence-corrected chi connectivity index (χ4v) is 15.3. The Morgan fingerprint density at radius 1 is 0.308 bits per heavy atom. The van der Waals surface area contributed by atoms with Crippen LogP contribution in [0.5, 0.6) is 11.5 Å². The third-order valence-corrected chi connectivity index (χ3v) is 23.2. The maximum Gasteiger partial charge on any atom is 0.335 e. The van der Waals surface area contributed by atoms with Gasteiger partial charge in [-0.25, -0.2) is 14.4 Å². The number of rotatable bonds is 51. The molecular weight excluding hydrogens is 1610 g/mol. The van der Waals surface area contributed by atoms with E-state index in [1.54, 1.807) is 42.6 Å². The Balaban J connectivity index is 0.000000224. The van der Waals surface area contributed by atoms with Crippen molar-refractivity contribution in [2.45, 2.75) is 267 Å². The molecule has 1 aromatic heterocycles. The van der Waals surface area contributed by atoms with Gasteiger partial charge in [0.1, 0.15) is 11.5 Å². The van der Waals surface area contributed by atoms with Crippen molar-refractivity contribution in [3.8, 4) is 73.2 Å². The second-order valence-corrected chi connectivity index (χ2v) is 33.8. The van der Waals surface area contributed by atoms with Crippen LogP contribution in [0.15, 0.2) is 255 Å². The van der Waals surface area contributed by atoms with Crippen molar-refractivity contribution in [3.63, 3.8) is 0 Å². The lowest BCUT2D eigenvalue weighted by atomic mass is 9.98. The van der Waals surface area contributed by atoms with Gasteiger partial charge < -0.3 is 35.4 Å². The van der Waals surface area contributed by atoms with Crippen molar-refractivity contribution in [1.82, 2.24) is 15.6 Å². The molecule has 14 nitrogen and oxygen atoms in total. The number of carbonyl (C=O) groups excluding carboxylic acids is 2. The van der Waals surface area contributed by atoms with Crippen LogP contribution in [0.3, 0.4) is 0 Å². The van der Waals surface area contributed by atoms with E-state index in [2.05, 4.69) is 135 Å². The molecule has 0 spiro atoms. The molecule has 0 saturated carbocycles. The van der Waals surface area contributed by atoms with E-state index in [1.165, 1.54) is 190 Å². The highest BCUT2D eigenvalue weighted by Gasteiger charge is 2.14. The van der Waals surface area contributed by atoms with Crippen molar-refractivity contribution in [2.24, 2.45) is 0 Å². The molecular formula is C116H144N4O10. The number of aryl methyl sites for hydroxylation is 5. The molecule has 688 valence electrons. The number of carboxylic acids is 3. The molecule has 14 heteroatoms. The smallest absolute Gasteiger partial charge is 0.335 e. The summed E-state index contributed by atoms with van der Waals surface area (Å²) in [5.74, 6) is -1.03. The molecule has 0 atom stereocenters. The number of carbonyl (C=O) groups is 5. The third-order valence-electron chi connectivity index (χ3n) is 23.2. The molecule has 130 heavy (non-hydrogen) atoms. The number of hydrogen-bond acceptors (Lipinski definition) is 9. The molecule has 0 unspecified atom stereocenters. The zero-order valence-corrected chi connectivity index (χ0v) is 78.7. The van der Waals surface area contributed by atoms with E-state index in [0.29, 0.717) is 47.3 Å². The summed E-state index contributed by atoms with van der Waals surface area (Å²) < 4.78 is 11.7. The maximum absolute atomic E-state index is 12.4. The van der Waals surface area contributed by atoms with Crippen molar-refractivity contribution < 1.29 is 48.8 Å². The molecule has 0 radical (unpaired) electrons. The lowest BCUT2D eigenvalue weighted by molar-refractivity contribution is 0.0685. The minimum absolute atomic E-state index is 0.0640. The van der Waals surface area contributed by atoms with Crippen LogP contribution in [0.1, 0.15) is 313 Å². The first-order valence-electron chi connectivity index (χ1n) is 48.2. The second kappa shape index (κ2) is 62.9. The van der Waals surface area contributed by atoms with Crippen LogP contribution in [0, 0.1) is 25.2 Å². The number of benzene rings is 10. The van der Waals surface area contributed by atoms with Crippen molar-refractivity contribution in [3.05, 3.63) is 316 Å². The van der Waals surface area contributed by atoms with Crippen LogP contribution in [0.25, 0.3) is 55.6 Å². The number of pyridine rings is 1. The van der Waals surface area contributed by atoms with Gasteiger partial charge in [0.25, 0.3) is 11.8 Å².